The van der Waals surface area contributed by atoms with Crippen LogP contribution in [0.2, 0.25) is 0 Å². The van der Waals surface area contributed by atoms with Crippen molar-refractivity contribution < 1.29 is 5.11 Å². The highest BCUT2D eigenvalue weighted by molar-refractivity contribution is 4.69. The number of aliphatic hydroxyl groups excluding tert-OH is 1. The maximum atomic E-state index is 9.30. The van der Waals surface area contributed by atoms with Gasteiger partial charge in [-0.05, 0) is 12.8 Å². The summed E-state index contributed by atoms with van der Waals surface area (Å²) in [7, 11) is 0. The van der Waals surface area contributed by atoms with Gasteiger partial charge in [0, 0.05) is 6.04 Å². The molecule has 0 spiro atoms. The van der Waals surface area contributed by atoms with E-state index < -0.39 is 0 Å². The molecule has 0 aromatic rings. The molecule has 0 aromatic heterocycles. The third-order valence-corrected chi connectivity index (χ3v) is 2.05. The van der Waals surface area contributed by atoms with E-state index in [0.29, 0.717) is 0 Å². The Morgan fingerprint density at radius 2 is 1.83 bits per heavy atom. The Morgan fingerprint density at radius 3 is 2.25 bits per heavy atom. The molecule has 0 aliphatic heterocycles. The van der Waals surface area contributed by atoms with Crippen molar-refractivity contribution in [2.75, 3.05) is 0 Å². The molecule has 0 saturated carbocycles. The van der Waals surface area contributed by atoms with E-state index in [9.17, 15) is 5.11 Å². The van der Waals surface area contributed by atoms with Gasteiger partial charge in [-0.3, -0.25) is 0 Å². The van der Waals surface area contributed by atoms with Crippen LogP contribution in [0.3, 0.4) is 0 Å². The van der Waals surface area contributed by atoms with Crippen molar-refractivity contribution in [1.82, 2.24) is 6.15 Å². The Balaban J connectivity index is 0. The van der Waals surface area contributed by atoms with E-state index in [2.05, 4.69) is 6.92 Å². The second-order valence-electron chi connectivity index (χ2n) is 3.14. The van der Waals surface area contributed by atoms with Crippen LogP contribution in [0.5, 0.6) is 0 Å². The number of hydrogen-bond acceptors (Lipinski definition) is 3. The third-order valence-electron chi connectivity index (χ3n) is 2.05. The van der Waals surface area contributed by atoms with Crippen molar-refractivity contribution >= 4 is 0 Å². The lowest BCUT2D eigenvalue weighted by Crippen LogP contribution is -2.33. The normalized spacial score (nSPS) is 15.0. The number of rotatable bonds is 6. The highest BCUT2D eigenvalue weighted by Gasteiger charge is 2.10. The maximum absolute atomic E-state index is 9.30. The van der Waals surface area contributed by atoms with Crippen LogP contribution < -0.4 is 11.9 Å². The van der Waals surface area contributed by atoms with Crippen molar-refractivity contribution in [2.45, 2.75) is 58.1 Å². The van der Waals surface area contributed by atoms with Crippen LogP contribution >= 0.6 is 0 Å². The Morgan fingerprint density at radius 1 is 1.25 bits per heavy atom. The van der Waals surface area contributed by atoms with Crippen LogP contribution in [-0.4, -0.2) is 17.3 Å². The van der Waals surface area contributed by atoms with Gasteiger partial charge in [0.2, 0.25) is 0 Å². The molecule has 0 bridgehead atoms. The first-order chi connectivity index (χ1) is 5.22. The summed E-state index contributed by atoms with van der Waals surface area (Å²) in [6, 6.07) is -0.00782. The van der Waals surface area contributed by atoms with Crippen molar-refractivity contribution in [3.8, 4) is 0 Å². The summed E-state index contributed by atoms with van der Waals surface area (Å²) in [5.41, 5.74) is 5.72. The summed E-state index contributed by atoms with van der Waals surface area (Å²) in [6.45, 7) is 4.13. The molecule has 6 N–H and O–H groups in total. The molecule has 0 saturated heterocycles. The third kappa shape index (κ3) is 6.58. The van der Waals surface area contributed by atoms with Gasteiger partial charge in [0.15, 0.2) is 0 Å². The molecule has 0 aliphatic rings. The molecule has 76 valence electrons. The summed E-state index contributed by atoms with van der Waals surface area (Å²) in [4.78, 5) is 0. The zero-order chi connectivity index (χ0) is 8.69. The van der Waals surface area contributed by atoms with E-state index in [1.54, 1.807) is 0 Å². The molecule has 0 heterocycles. The topological polar surface area (TPSA) is 81.2 Å². The summed E-state index contributed by atoms with van der Waals surface area (Å²) >= 11 is 0. The Bertz CT molecular complexity index is 88.6. The van der Waals surface area contributed by atoms with E-state index in [1.165, 1.54) is 12.8 Å². The first kappa shape index (κ1) is 14.4. The van der Waals surface area contributed by atoms with Gasteiger partial charge in [0.05, 0.1) is 6.10 Å². The zero-order valence-electron chi connectivity index (χ0n) is 8.42. The first-order valence-electron chi connectivity index (χ1n) is 4.66. The predicted octanol–water partition coefficient (Wildman–Crippen LogP) is 1.83. The van der Waals surface area contributed by atoms with Crippen LogP contribution in [-0.2, 0) is 0 Å². The molecule has 0 aromatic carbocycles. The molecule has 0 rings (SSSR count). The quantitative estimate of drug-likeness (QED) is 0.540. The van der Waals surface area contributed by atoms with E-state index in [-0.39, 0.29) is 18.3 Å². The molecule has 2 unspecified atom stereocenters. The fraction of sp³-hybridized carbons (Fsp3) is 1.00. The van der Waals surface area contributed by atoms with Crippen LogP contribution in [0.15, 0.2) is 0 Å². The van der Waals surface area contributed by atoms with Crippen LogP contribution in [0.25, 0.3) is 0 Å². The van der Waals surface area contributed by atoms with Crippen molar-refractivity contribution in [3.05, 3.63) is 0 Å². The lowest BCUT2D eigenvalue weighted by Gasteiger charge is -2.16. The monoisotopic (exact) mass is 176 g/mol. The average molecular weight is 176 g/mol. The van der Waals surface area contributed by atoms with Gasteiger partial charge in [-0.1, -0.05) is 33.1 Å². The van der Waals surface area contributed by atoms with Crippen molar-refractivity contribution in [2.24, 2.45) is 5.73 Å². The second-order valence-corrected chi connectivity index (χ2v) is 3.14. The van der Waals surface area contributed by atoms with E-state index >= 15 is 0 Å². The van der Waals surface area contributed by atoms with Gasteiger partial charge in [0.25, 0.3) is 0 Å². The minimum Gasteiger partial charge on any atom is -0.392 e. The van der Waals surface area contributed by atoms with Gasteiger partial charge in [-0.15, -0.1) is 0 Å². The van der Waals surface area contributed by atoms with Crippen LogP contribution in [0, 0.1) is 0 Å². The first-order valence-corrected chi connectivity index (χ1v) is 4.66. The molecule has 0 fully saturated rings. The van der Waals surface area contributed by atoms with Gasteiger partial charge >= 0.3 is 0 Å². The van der Waals surface area contributed by atoms with Crippen LogP contribution in [0.4, 0.5) is 0 Å². The van der Waals surface area contributed by atoms with E-state index in [4.69, 9.17) is 5.73 Å². The van der Waals surface area contributed by atoms with Gasteiger partial charge in [0.1, 0.15) is 0 Å². The highest BCUT2D eigenvalue weighted by Crippen LogP contribution is 2.06. The fourth-order valence-electron chi connectivity index (χ4n) is 1.13. The largest absolute Gasteiger partial charge is 0.392 e. The smallest absolute Gasteiger partial charge is 0.0688 e. The molecular formula is C9H24N2O. The van der Waals surface area contributed by atoms with E-state index in [1.807, 2.05) is 6.92 Å². The second kappa shape index (κ2) is 8.97. The van der Waals surface area contributed by atoms with Crippen LogP contribution in [0.1, 0.15) is 46.0 Å². The van der Waals surface area contributed by atoms with Gasteiger partial charge < -0.3 is 17.0 Å². The number of hydrogen-bond donors (Lipinski definition) is 3. The average Bonchev–Trinajstić information content (AvgIpc) is 2.03. The lowest BCUT2D eigenvalue weighted by atomic mass is 10.0. The van der Waals surface area contributed by atoms with Gasteiger partial charge in [-0.25, -0.2) is 0 Å². The number of nitrogens with two attached hydrogens (primary N) is 1. The minimum atomic E-state index is -0.299. The highest BCUT2D eigenvalue weighted by atomic mass is 16.3. The molecule has 3 nitrogen and oxygen atoms in total. The van der Waals surface area contributed by atoms with Crippen molar-refractivity contribution in [3.63, 3.8) is 0 Å². The SMILES string of the molecule is CCCCCC(N)C(O)CC.N. The summed E-state index contributed by atoms with van der Waals surface area (Å²) in [6.07, 6.45) is 5.02. The molecule has 0 aliphatic carbocycles. The Hall–Kier alpha value is -0.120. The fourth-order valence-corrected chi connectivity index (χ4v) is 1.13. The zero-order valence-corrected chi connectivity index (χ0v) is 8.42. The molecule has 2 atom stereocenters. The lowest BCUT2D eigenvalue weighted by molar-refractivity contribution is 0.135. The predicted molar refractivity (Wildman–Crippen MR) is 53.4 cm³/mol. The van der Waals surface area contributed by atoms with Gasteiger partial charge in [-0.2, -0.15) is 0 Å². The summed E-state index contributed by atoms with van der Waals surface area (Å²) in [5, 5.41) is 9.30. The summed E-state index contributed by atoms with van der Waals surface area (Å²) < 4.78 is 0. The maximum Gasteiger partial charge on any atom is 0.0688 e. The molecule has 12 heavy (non-hydrogen) atoms. The molecule has 0 amide bonds. The number of unbranched alkanes of at least 4 members (excludes halogenated alkanes) is 2. The summed E-state index contributed by atoms with van der Waals surface area (Å²) in [5.74, 6) is 0. The standard InChI is InChI=1S/C9H21NO.H3N/c1-3-5-6-7-8(10)9(11)4-2;/h8-9,11H,3-7,10H2,1-2H3;1H3. The Kier molecular flexibility index (Phi) is 10.8. The molecule has 3 heteroatoms. The number of aliphatic hydroxyl groups is 1. The Labute approximate surface area is 75.9 Å². The molecule has 0 radical (unpaired) electrons. The minimum absolute atomic E-state index is 0. The van der Waals surface area contributed by atoms with E-state index in [0.717, 1.165) is 19.3 Å². The molecular weight excluding hydrogens is 152 g/mol. The van der Waals surface area contributed by atoms with Crippen molar-refractivity contribution in [1.29, 1.82) is 0 Å².